The van der Waals surface area contributed by atoms with E-state index in [1.54, 1.807) is 7.11 Å². The Labute approximate surface area is 168 Å². The second-order valence-corrected chi connectivity index (χ2v) is 8.45. The predicted octanol–water partition coefficient (Wildman–Crippen LogP) is 4.13. The first-order valence-electron chi connectivity index (χ1n) is 10.1. The van der Waals surface area contributed by atoms with Crippen molar-refractivity contribution in [1.29, 1.82) is 0 Å². The van der Waals surface area contributed by atoms with E-state index in [2.05, 4.69) is 5.32 Å². The van der Waals surface area contributed by atoms with Crippen LogP contribution < -0.4 is 10.1 Å². The third kappa shape index (κ3) is 7.79. The van der Waals surface area contributed by atoms with Crippen molar-refractivity contribution in [3.63, 3.8) is 0 Å². The van der Waals surface area contributed by atoms with Crippen molar-refractivity contribution in [3.8, 4) is 5.75 Å². The number of hydrogen-bond donors (Lipinski definition) is 1. The van der Waals surface area contributed by atoms with Crippen LogP contribution in [0.5, 0.6) is 5.75 Å². The molecule has 1 aromatic carbocycles. The van der Waals surface area contributed by atoms with E-state index >= 15 is 0 Å². The van der Waals surface area contributed by atoms with Crippen molar-refractivity contribution in [3.05, 3.63) is 29.8 Å². The predicted molar refractivity (Wildman–Crippen MR) is 109 cm³/mol. The summed E-state index contributed by atoms with van der Waals surface area (Å²) in [7, 11) is 1.63. The van der Waals surface area contributed by atoms with Crippen molar-refractivity contribution >= 4 is 12.0 Å². The van der Waals surface area contributed by atoms with Gasteiger partial charge in [-0.25, -0.2) is 4.79 Å². The van der Waals surface area contributed by atoms with Gasteiger partial charge in [0.2, 0.25) is 5.91 Å². The van der Waals surface area contributed by atoms with Crippen LogP contribution in [0.25, 0.3) is 0 Å². The molecular weight excluding hydrogens is 356 g/mol. The number of likely N-dealkylation sites (tertiary alicyclic amines) is 1. The number of carbonyl (C=O) groups is 2. The maximum absolute atomic E-state index is 12.2. The summed E-state index contributed by atoms with van der Waals surface area (Å²) in [5, 5.41) is 2.96. The molecule has 28 heavy (non-hydrogen) atoms. The highest BCUT2D eigenvalue weighted by atomic mass is 16.6. The van der Waals surface area contributed by atoms with Crippen molar-refractivity contribution in [2.24, 2.45) is 5.92 Å². The molecule has 0 spiro atoms. The van der Waals surface area contributed by atoms with E-state index < -0.39 is 5.60 Å². The van der Waals surface area contributed by atoms with Crippen LogP contribution in [0, 0.1) is 5.92 Å². The minimum Gasteiger partial charge on any atom is -0.497 e. The monoisotopic (exact) mass is 390 g/mol. The van der Waals surface area contributed by atoms with Gasteiger partial charge in [-0.3, -0.25) is 4.79 Å². The van der Waals surface area contributed by atoms with E-state index in [1.165, 1.54) is 0 Å². The molecule has 0 aromatic heterocycles. The summed E-state index contributed by atoms with van der Waals surface area (Å²) in [5.41, 5.74) is 0.584. The molecule has 0 saturated carbocycles. The molecule has 6 heteroatoms. The van der Waals surface area contributed by atoms with Gasteiger partial charge in [0.05, 0.1) is 7.11 Å². The molecule has 1 atom stereocenters. The van der Waals surface area contributed by atoms with E-state index in [1.807, 2.05) is 49.9 Å². The highest BCUT2D eigenvalue weighted by molar-refractivity contribution is 5.75. The van der Waals surface area contributed by atoms with Crippen LogP contribution >= 0.6 is 0 Å². The maximum Gasteiger partial charge on any atom is 0.410 e. The fraction of sp³-hybridized carbons (Fsp3) is 0.636. The molecule has 0 aliphatic carbocycles. The lowest BCUT2D eigenvalue weighted by Gasteiger charge is -2.34. The average Bonchev–Trinajstić information content (AvgIpc) is 2.65. The van der Waals surface area contributed by atoms with Crippen molar-refractivity contribution in [1.82, 2.24) is 10.2 Å². The second kappa shape index (κ2) is 10.3. The smallest absolute Gasteiger partial charge is 0.410 e. The minimum atomic E-state index is -0.466. The standard InChI is InChI=1S/C22H34N2O4/c1-22(2,3)28-21(26)24-14-6-8-18(16-24)7-5-9-20(25)23-15-17-10-12-19(27-4)13-11-17/h10-13,18H,5-9,14-16H2,1-4H3,(H,23,25). The number of nitrogens with one attached hydrogen (secondary N) is 1. The third-order valence-electron chi connectivity index (χ3n) is 4.84. The number of carbonyl (C=O) groups excluding carboxylic acids is 2. The summed E-state index contributed by atoms with van der Waals surface area (Å²) in [6.07, 6.45) is 4.17. The van der Waals surface area contributed by atoms with Crippen LogP contribution in [-0.2, 0) is 16.1 Å². The van der Waals surface area contributed by atoms with E-state index in [0.29, 0.717) is 18.9 Å². The number of amides is 2. The van der Waals surface area contributed by atoms with Gasteiger partial charge in [0.1, 0.15) is 11.4 Å². The number of methoxy groups -OCH3 is 1. The molecular formula is C22H34N2O4. The Balaban J connectivity index is 1.66. The Morgan fingerprint density at radius 1 is 1.21 bits per heavy atom. The minimum absolute atomic E-state index is 0.0654. The first-order chi connectivity index (χ1) is 13.3. The van der Waals surface area contributed by atoms with Gasteiger partial charge in [-0.05, 0) is 70.1 Å². The molecule has 0 bridgehead atoms. The Hall–Kier alpha value is -2.24. The fourth-order valence-electron chi connectivity index (χ4n) is 3.38. The van der Waals surface area contributed by atoms with E-state index in [0.717, 1.165) is 50.1 Å². The van der Waals surface area contributed by atoms with Gasteiger partial charge in [0.15, 0.2) is 0 Å². The lowest BCUT2D eigenvalue weighted by Crippen LogP contribution is -2.42. The quantitative estimate of drug-likeness (QED) is 0.760. The molecule has 1 N–H and O–H groups in total. The third-order valence-corrected chi connectivity index (χ3v) is 4.84. The van der Waals surface area contributed by atoms with E-state index in [9.17, 15) is 9.59 Å². The van der Waals surface area contributed by atoms with Crippen LogP contribution in [0.15, 0.2) is 24.3 Å². The highest BCUT2D eigenvalue weighted by Crippen LogP contribution is 2.23. The Morgan fingerprint density at radius 3 is 2.57 bits per heavy atom. The van der Waals surface area contributed by atoms with Crippen LogP contribution in [-0.4, -0.2) is 42.7 Å². The fourth-order valence-corrected chi connectivity index (χ4v) is 3.38. The molecule has 0 radical (unpaired) electrons. The van der Waals surface area contributed by atoms with Gasteiger partial charge in [-0.15, -0.1) is 0 Å². The molecule has 2 amide bonds. The normalized spacial score (nSPS) is 17.1. The molecule has 2 rings (SSSR count). The average molecular weight is 391 g/mol. The summed E-state index contributed by atoms with van der Waals surface area (Å²) in [4.78, 5) is 26.1. The first-order valence-corrected chi connectivity index (χ1v) is 10.1. The van der Waals surface area contributed by atoms with Gasteiger partial charge in [0.25, 0.3) is 0 Å². The van der Waals surface area contributed by atoms with Gasteiger partial charge in [-0.1, -0.05) is 12.1 Å². The van der Waals surface area contributed by atoms with Gasteiger partial charge in [-0.2, -0.15) is 0 Å². The number of nitrogens with zero attached hydrogens (tertiary/aromatic N) is 1. The maximum atomic E-state index is 12.2. The van der Waals surface area contributed by atoms with Crippen molar-refractivity contribution < 1.29 is 19.1 Å². The van der Waals surface area contributed by atoms with Gasteiger partial charge >= 0.3 is 6.09 Å². The lowest BCUT2D eigenvalue weighted by molar-refractivity contribution is -0.121. The Morgan fingerprint density at radius 2 is 1.93 bits per heavy atom. The molecule has 6 nitrogen and oxygen atoms in total. The van der Waals surface area contributed by atoms with E-state index in [-0.39, 0.29) is 12.0 Å². The summed E-state index contributed by atoms with van der Waals surface area (Å²) < 4.78 is 10.6. The molecule has 1 aliphatic rings. The second-order valence-electron chi connectivity index (χ2n) is 8.45. The zero-order valence-corrected chi connectivity index (χ0v) is 17.6. The summed E-state index contributed by atoms with van der Waals surface area (Å²) in [6, 6.07) is 7.68. The molecule has 1 unspecified atom stereocenters. The molecule has 1 fully saturated rings. The molecule has 156 valence electrons. The molecule has 1 aromatic rings. The van der Waals surface area contributed by atoms with Crippen LogP contribution in [0.1, 0.15) is 58.4 Å². The van der Waals surface area contributed by atoms with E-state index in [4.69, 9.17) is 9.47 Å². The Bertz CT molecular complexity index is 637. The number of piperidine rings is 1. The topological polar surface area (TPSA) is 67.9 Å². The van der Waals surface area contributed by atoms with Crippen molar-refractivity contribution in [2.45, 2.75) is 65.0 Å². The van der Waals surface area contributed by atoms with Crippen LogP contribution in [0.4, 0.5) is 4.79 Å². The lowest BCUT2D eigenvalue weighted by atomic mass is 9.93. The van der Waals surface area contributed by atoms with Gasteiger partial charge < -0.3 is 19.7 Å². The highest BCUT2D eigenvalue weighted by Gasteiger charge is 2.27. The van der Waals surface area contributed by atoms with Crippen molar-refractivity contribution in [2.75, 3.05) is 20.2 Å². The summed E-state index contributed by atoms with van der Waals surface area (Å²) in [6.45, 7) is 7.67. The van der Waals surface area contributed by atoms with Gasteiger partial charge in [0, 0.05) is 26.1 Å². The zero-order chi connectivity index (χ0) is 20.6. The van der Waals surface area contributed by atoms with Crippen LogP contribution in [0.3, 0.4) is 0 Å². The largest absolute Gasteiger partial charge is 0.497 e. The SMILES string of the molecule is COc1ccc(CNC(=O)CCCC2CCCN(C(=O)OC(C)(C)C)C2)cc1. The number of benzene rings is 1. The molecule has 1 aliphatic heterocycles. The Kier molecular flexibility index (Phi) is 8.15. The zero-order valence-electron chi connectivity index (χ0n) is 17.6. The summed E-state index contributed by atoms with van der Waals surface area (Å²) >= 11 is 0. The number of ether oxygens (including phenoxy) is 2. The number of hydrogen-bond acceptors (Lipinski definition) is 4. The molecule has 1 saturated heterocycles. The first kappa shape index (κ1) is 22.1. The molecule has 1 heterocycles. The van der Waals surface area contributed by atoms with Crippen LogP contribution in [0.2, 0.25) is 0 Å². The number of rotatable bonds is 7. The summed E-state index contributed by atoms with van der Waals surface area (Å²) in [5.74, 6) is 1.31.